The Morgan fingerprint density at radius 3 is 2.56 bits per heavy atom. The smallest absolute Gasteiger partial charge is 0.188 e. The summed E-state index contributed by atoms with van der Waals surface area (Å²) in [6, 6.07) is 19.5. The first-order valence-electron chi connectivity index (χ1n) is 12.1. The third kappa shape index (κ3) is 4.26. The highest BCUT2D eigenvalue weighted by atomic mass is 32.1. The SMILES string of the molecule is O=C(Cc1cn2nc(-c3c(-c4ccc(F)cc4)nc4ccccn34)ccc2n1)c1csc(-c2ccncc2)n1. The number of benzene rings is 1. The molecular weight excluding hydrogens is 513 g/mol. The third-order valence-electron chi connectivity index (χ3n) is 6.32. The van der Waals surface area contributed by atoms with Crippen molar-refractivity contribution in [2.45, 2.75) is 6.42 Å². The van der Waals surface area contributed by atoms with Crippen LogP contribution in [-0.4, -0.2) is 39.7 Å². The van der Waals surface area contributed by atoms with E-state index in [9.17, 15) is 9.18 Å². The molecule has 0 aliphatic heterocycles. The molecule has 6 heterocycles. The molecule has 0 saturated heterocycles. The second-order valence-electron chi connectivity index (χ2n) is 8.87. The summed E-state index contributed by atoms with van der Waals surface area (Å²) < 4.78 is 17.2. The van der Waals surface area contributed by atoms with Crippen LogP contribution in [-0.2, 0) is 6.42 Å². The quantitative estimate of drug-likeness (QED) is 0.252. The molecule has 0 aliphatic carbocycles. The number of halogens is 1. The van der Waals surface area contributed by atoms with Gasteiger partial charge in [0.25, 0.3) is 0 Å². The van der Waals surface area contributed by atoms with E-state index in [-0.39, 0.29) is 18.0 Å². The Morgan fingerprint density at radius 2 is 1.72 bits per heavy atom. The molecule has 6 aromatic heterocycles. The fourth-order valence-electron chi connectivity index (χ4n) is 4.48. The Labute approximate surface area is 225 Å². The second-order valence-corrected chi connectivity index (χ2v) is 9.73. The molecule has 0 saturated carbocycles. The monoisotopic (exact) mass is 531 g/mol. The molecule has 0 fully saturated rings. The highest BCUT2D eigenvalue weighted by molar-refractivity contribution is 7.13. The largest absolute Gasteiger partial charge is 0.298 e. The predicted octanol–water partition coefficient (Wildman–Crippen LogP) is 5.79. The number of fused-ring (bicyclic) bond motifs is 2. The van der Waals surface area contributed by atoms with E-state index in [1.807, 2.05) is 53.1 Å². The van der Waals surface area contributed by atoms with Crippen molar-refractivity contribution in [1.29, 1.82) is 0 Å². The lowest BCUT2D eigenvalue weighted by molar-refractivity contribution is 0.0988. The van der Waals surface area contributed by atoms with Gasteiger partial charge in [0.15, 0.2) is 11.4 Å². The van der Waals surface area contributed by atoms with E-state index in [0.29, 0.717) is 28.4 Å². The summed E-state index contributed by atoms with van der Waals surface area (Å²) in [6.07, 6.45) is 7.18. The molecule has 7 rings (SSSR count). The minimum atomic E-state index is -0.310. The van der Waals surface area contributed by atoms with Crippen LogP contribution in [0.2, 0.25) is 0 Å². The number of carbonyl (C=O) groups is 1. The van der Waals surface area contributed by atoms with Crippen LogP contribution in [0.4, 0.5) is 4.39 Å². The fourth-order valence-corrected chi connectivity index (χ4v) is 5.31. The molecule has 10 heteroatoms. The molecule has 0 unspecified atom stereocenters. The van der Waals surface area contributed by atoms with Gasteiger partial charge < -0.3 is 0 Å². The Bertz CT molecular complexity index is 1980. The molecule has 8 nitrogen and oxygen atoms in total. The summed E-state index contributed by atoms with van der Waals surface area (Å²) in [5.41, 5.74) is 6.21. The molecule has 1 aromatic carbocycles. The molecule has 0 aliphatic rings. The first kappa shape index (κ1) is 23.1. The molecule has 188 valence electrons. The van der Waals surface area contributed by atoms with E-state index >= 15 is 0 Å². The molecule has 0 atom stereocenters. The van der Waals surface area contributed by atoms with Crippen molar-refractivity contribution in [3.63, 3.8) is 0 Å². The maximum absolute atomic E-state index is 13.6. The van der Waals surface area contributed by atoms with E-state index in [1.165, 1.54) is 23.5 Å². The normalized spacial score (nSPS) is 11.4. The van der Waals surface area contributed by atoms with Crippen LogP contribution < -0.4 is 0 Å². The Morgan fingerprint density at radius 1 is 0.872 bits per heavy atom. The molecule has 7 aromatic rings. The van der Waals surface area contributed by atoms with Crippen molar-refractivity contribution in [2.75, 3.05) is 0 Å². The molecule has 0 spiro atoms. The summed E-state index contributed by atoms with van der Waals surface area (Å²) in [6.45, 7) is 0. The van der Waals surface area contributed by atoms with Gasteiger partial charge in [-0.25, -0.2) is 23.9 Å². The van der Waals surface area contributed by atoms with E-state index in [2.05, 4.69) is 15.0 Å². The van der Waals surface area contributed by atoms with Crippen molar-refractivity contribution < 1.29 is 9.18 Å². The maximum Gasteiger partial charge on any atom is 0.188 e. The zero-order chi connectivity index (χ0) is 26.3. The highest BCUT2D eigenvalue weighted by Gasteiger charge is 2.19. The van der Waals surface area contributed by atoms with Crippen molar-refractivity contribution in [3.8, 4) is 33.2 Å². The van der Waals surface area contributed by atoms with E-state index in [1.54, 1.807) is 40.6 Å². The number of hydrogen-bond donors (Lipinski definition) is 0. The van der Waals surface area contributed by atoms with Crippen molar-refractivity contribution in [1.82, 2.24) is 34.0 Å². The van der Waals surface area contributed by atoms with Gasteiger partial charge in [-0.15, -0.1) is 11.3 Å². The van der Waals surface area contributed by atoms with Gasteiger partial charge in [-0.3, -0.25) is 14.2 Å². The number of hydrogen-bond acceptors (Lipinski definition) is 7. The number of Topliss-reactive ketones (excluding diaryl/α,β-unsaturated/α-hetero) is 1. The molecule has 0 amide bonds. The molecule has 0 bridgehead atoms. The number of rotatable bonds is 6. The van der Waals surface area contributed by atoms with E-state index in [0.717, 1.165) is 27.5 Å². The van der Waals surface area contributed by atoms with E-state index in [4.69, 9.17) is 10.1 Å². The lowest BCUT2D eigenvalue weighted by Crippen LogP contribution is -2.04. The first-order chi connectivity index (χ1) is 19.1. The fraction of sp³-hybridized carbons (Fsp3) is 0.0345. The van der Waals surface area contributed by atoms with Crippen LogP contribution >= 0.6 is 11.3 Å². The predicted molar refractivity (Wildman–Crippen MR) is 146 cm³/mol. The number of imidazole rings is 2. The van der Waals surface area contributed by atoms with Crippen LogP contribution in [0.1, 0.15) is 16.2 Å². The zero-order valence-corrected chi connectivity index (χ0v) is 21.1. The standard InChI is InChI=1S/C29H18FN7OS/c30-20-6-4-18(5-7-20)27-28(36-14-2-1-3-25(36)34-27)22-8-9-26-32-21(16-37(26)35-22)15-24(38)23-17-39-29(33-23)19-10-12-31-13-11-19/h1-14,16-17H,15H2. The summed E-state index contributed by atoms with van der Waals surface area (Å²) in [4.78, 5) is 30.9. The summed E-state index contributed by atoms with van der Waals surface area (Å²) in [5.74, 6) is -0.425. The molecule has 0 N–H and O–H groups in total. The molecule has 0 radical (unpaired) electrons. The third-order valence-corrected chi connectivity index (χ3v) is 7.21. The summed E-state index contributed by atoms with van der Waals surface area (Å²) >= 11 is 1.42. The Hall–Kier alpha value is -5.09. The molecular formula is C29H18FN7OS. The van der Waals surface area contributed by atoms with Crippen molar-refractivity contribution in [2.24, 2.45) is 0 Å². The van der Waals surface area contributed by atoms with Crippen molar-refractivity contribution in [3.05, 3.63) is 114 Å². The van der Waals surface area contributed by atoms with Crippen LogP contribution in [0.15, 0.2) is 96.9 Å². The number of carbonyl (C=O) groups excluding carboxylic acids is 1. The van der Waals surface area contributed by atoms with Gasteiger partial charge >= 0.3 is 0 Å². The minimum absolute atomic E-state index is 0.106. The summed E-state index contributed by atoms with van der Waals surface area (Å²) in [7, 11) is 0. The molecule has 39 heavy (non-hydrogen) atoms. The number of aromatic nitrogens is 7. The Kier molecular flexibility index (Phi) is 5.52. The summed E-state index contributed by atoms with van der Waals surface area (Å²) in [5, 5.41) is 7.34. The van der Waals surface area contributed by atoms with Crippen LogP contribution in [0, 0.1) is 5.82 Å². The van der Waals surface area contributed by atoms with Crippen LogP contribution in [0.5, 0.6) is 0 Å². The zero-order valence-electron chi connectivity index (χ0n) is 20.3. The second kappa shape index (κ2) is 9.34. The topological polar surface area (TPSA) is 90.3 Å². The highest BCUT2D eigenvalue weighted by Crippen LogP contribution is 2.32. The lowest BCUT2D eigenvalue weighted by Gasteiger charge is -2.05. The van der Waals surface area contributed by atoms with Gasteiger partial charge in [0.2, 0.25) is 0 Å². The number of ketones is 1. The van der Waals surface area contributed by atoms with Crippen molar-refractivity contribution >= 4 is 28.4 Å². The average Bonchev–Trinajstić information content (AvgIpc) is 3.70. The van der Waals surface area contributed by atoms with Gasteiger partial charge in [0, 0.05) is 35.1 Å². The number of pyridine rings is 2. The minimum Gasteiger partial charge on any atom is -0.298 e. The number of nitrogens with zero attached hydrogens (tertiary/aromatic N) is 7. The van der Waals surface area contributed by atoms with Gasteiger partial charge in [0.1, 0.15) is 33.6 Å². The van der Waals surface area contributed by atoms with Crippen LogP contribution in [0.25, 0.3) is 44.5 Å². The van der Waals surface area contributed by atoms with Gasteiger partial charge in [-0.05, 0) is 60.7 Å². The van der Waals surface area contributed by atoms with Crippen LogP contribution in [0.3, 0.4) is 0 Å². The first-order valence-corrected chi connectivity index (χ1v) is 13.0. The maximum atomic E-state index is 13.6. The van der Waals surface area contributed by atoms with Gasteiger partial charge in [-0.2, -0.15) is 5.10 Å². The van der Waals surface area contributed by atoms with Gasteiger partial charge in [-0.1, -0.05) is 6.07 Å². The van der Waals surface area contributed by atoms with Gasteiger partial charge in [0.05, 0.1) is 24.0 Å². The Balaban J connectivity index is 1.22. The lowest BCUT2D eigenvalue weighted by atomic mass is 10.1. The van der Waals surface area contributed by atoms with E-state index < -0.39 is 0 Å². The average molecular weight is 532 g/mol. The number of thiazole rings is 1.